The molecule has 0 aliphatic heterocycles. The molecule has 0 radical (unpaired) electrons. The largest absolute Gasteiger partial charge is 0.465 e. The first-order chi connectivity index (χ1) is 11.5. The Morgan fingerprint density at radius 3 is 2.44 bits per heavy atom. The van der Waals surface area contributed by atoms with Crippen molar-refractivity contribution in [3.63, 3.8) is 0 Å². The minimum Gasteiger partial charge on any atom is -0.465 e. The second-order valence-corrected chi connectivity index (χ2v) is 7.72. The molecule has 1 aromatic carbocycles. The monoisotopic (exact) mass is 346 g/mol. The van der Waals surface area contributed by atoms with Crippen LogP contribution in [0.2, 0.25) is 0 Å². The maximum Gasteiger partial charge on any atom is 0.408 e. The number of fused-ring (bicyclic) bond motifs is 1. The first-order valence-corrected chi connectivity index (χ1v) is 8.21. The molecule has 0 fully saturated rings. The lowest BCUT2D eigenvalue weighted by Crippen LogP contribution is -2.47. The molecule has 2 rings (SSSR count). The number of carbonyl (C=O) groups is 2. The van der Waals surface area contributed by atoms with Crippen LogP contribution in [-0.2, 0) is 15.9 Å². The summed E-state index contributed by atoms with van der Waals surface area (Å²) in [4.78, 5) is 27.1. The lowest BCUT2D eigenvalue weighted by molar-refractivity contribution is 0.0471. The summed E-state index contributed by atoms with van der Waals surface area (Å²) in [5.41, 5.74) is 1.16. The van der Waals surface area contributed by atoms with E-state index >= 15 is 0 Å². The summed E-state index contributed by atoms with van der Waals surface area (Å²) < 4.78 is 10.1. The predicted octanol–water partition coefficient (Wildman–Crippen LogP) is 3.80. The minimum absolute atomic E-state index is 0.384. The number of benzene rings is 1. The maximum absolute atomic E-state index is 12.0. The van der Waals surface area contributed by atoms with Crippen molar-refractivity contribution in [1.82, 2.24) is 10.3 Å². The van der Waals surface area contributed by atoms with Gasteiger partial charge in [0.2, 0.25) is 0 Å². The molecule has 0 spiro atoms. The third-order valence-corrected chi connectivity index (χ3v) is 3.68. The quantitative estimate of drug-likeness (QED) is 0.825. The van der Waals surface area contributed by atoms with Crippen molar-refractivity contribution in [2.45, 2.75) is 52.2 Å². The molecule has 1 heterocycles. The third-order valence-electron chi connectivity index (χ3n) is 3.68. The van der Waals surface area contributed by atoms with Crippen LogP contribution in [0.3, 0.4) is 0 Å². The van der Waals surface area contributed by atoms with E-state index in [-0.39, 0.29) is 5.97 Å². The molecule has 6 heteroatoms. The van der Waals surface area contributed by atoms with Crippen LogP contribution in [0, 0.1) is 0 Å². The van der Waals surface area contributed by atoms with Gasteiger partial charge in [-0.25, -0.2) is 9.59 Å². The fourth-order valence-electron chi connectivity index (χ4n) is 2.74. The molecule has 0 saturated heterocycles. The Labute approximate surface area is 147 Å². The zero-order chi connectivity index (χ0) is 18.8. The number of aromatic nitrogens is 1. The van der Waals surface area contributed by atoms with E-state index in [4.69, 9.17) is 9.47 Å². The molecule has 1 amide bonds. The maximum atomic E-state index is 12.0. The van der Waals surface area contributed by atoms with Crippen LogP contribution in [-0.4, -0.2) is 35.3 Å². The van der Waals surface area contributed by atoms with Gasteiger partial charge in [0.1, 0.15) is 5.60 Å². The first-order valence-electron chi connectivity index (χ1n) is 8.21. The van der Waals surface area contributed by atoms with Gasteiger partial charge in [-0.3, -0.25) is 0 Å². The second kappa shape index (κ2) is 6.78. The Morgan fingerprint density at radius 2 is 1.84 bits per heavy atom. The number of hydrogen-bond donors (Lipinski definition) is 2. The van der Waals surface area contributed by atoms with Crippen molar-refractivity contribution < 1.29 is 19.1 Å². The predicted molar refractivity (Wildman–Crippen MR) is 96.8 cm³/mol. The van der Waals surface area contributed by atoms with Gasteiger partial charge >= 0.3 is 12.1 Å². The molecule has 0 saturated carbocycles. The molecule has 2 aromatic rings. The minimum atomic E-state index is -0.545. The summed E-state index contributed by atoms with van der Waals surface area (Å²) in [5, 5.41) is 3.83. The van der Waals surface area contributed by atoms with Gasteiger partial charge in [-0.15, -0.1) is 0 Å². The van der Waals surface area contributed by atoms with Crippen molar-refractivity contribution in [3.05, 3.63) is 35.5 Å². The molecular formula is C19H26N2O4. The molecule has 0 unspecified atom stereocenters. The average molecular weight is 346 g/mol. The molecule has 0 aliphatic carbocycles. The van der Waals surface area contributed by atoms with Gasteiger partial charge in [0, 0.05) is 17.1 Å². The van der Waals surface area contributed by atoms with Crippen LogP contribution >= 0.6 is 0 Å². The van der Waals surface area contributed by atoms with Crippen LogP contribution in [0.5, 0.6) is 0 Å². The summed E-state index contributed by atoms with van der Waals surface area (Å²) in [7, 11) is 1.36. The van der Waals surface area contributed by atoms with E-state index in [1.807, 2.05) is 52.9 Å². The summed E-state index contributed by atoms with van der Waals surface area (Å²) in [6.07, 6.45) is 1.99. The van der Waals surface area contributed by atoms with Gasteiger partial charge in [-0.2, -0.15) is 0 Å². The molecule has 25 heavy (non-hydrogen) atoms. The van der Waals surface area contributed by atoms with Crippen LogP contribution in [0.1, 0.15) is 50.5 Å². The van der Waals surface area contributed by atoms with Gasteiger partial charge in [-0.05, 0) is 52.7 Å². The highest BCUT2D eigenvalue weighted by molar-refractivity contribution is 6.03. The van der Waals surface area contributed by atoms with Gasteiger partial charge in [0.05, 0.1) is 18.2 Å². The highest BCUT2D eigenvalue weighted by atomic mass is 16.6. The van der Waals surface area contributed by atoms with Gasteiger partial charge in [0.25, 0.3) is 0 Å². The Kier molecular flexibility index (Phi) is 5.11. The van der Waals surface area contributed by atoms with Crippen molar-refractivity contribution in [1.29, 1.82) is 0 Å². The van der Waals surface area contributed by atoms with Gasteiger partial charge < -0.3 is 19.8 Å². The Morgan fingerprint density at radius 1 is 1.16 bits per heavy atom. The number of para-hydroxylation sites is 1. The van der Waals surface area contributed by atoms with E-state index in [9.17, 15) is 9.59 Å². The number of aromatic amines is 1. The number of esters is 1. The van der Waals surface area contributed by atoms with Crippen LogP contribution < -0.4 is 5.32 Å². The molecule has 136 valence electrons. The molecule has 0 atom stereocenters. The third kappa shape index (κ3) is 4.75. The smallest absolute Gasteiger partial charge is 0.408 e. The number of carbonyl (C=O) groups excluding carboxylic acids is 2. The number of alkyl carbamates (subject to hydrolysis) is 1. The highest BCUT2D eigenvalue weighted by Gasteiger charge is 2.26. The van der Waals surface area contributed by atoms with Crippen LogP contribution in [0.25, 0.3) is 10.9 Å². The lowest BCUT2D eigenvalue weighted by atomic mass is 9.94. The molecule has 0 aliphatic rings. The molecule has 6 nitrogen and oxygen atoms in total. The van der Waals surface area contributed by atoms with E-state index in [2.05, 4.69) is 10.3 Å². The van der Waals surface area contributed by atoms with E-state index in [1.165, 1.54) is 7.11 Å². The number of H-pyrrole nitrogens is 1. The highest BCUT2D eigenvalue weighted by Crippen LogP contribution is 2.25. The van der Waals surface area contributed by atoms with Crippen molar-refractivity contribution in [3.8, 4) is 0 Å². The number of hydrogen-bond acceptors (Lipinski definition) is 4. The number of amides is 1. The van der Waals surface area contributed by atoms with Crippen molar-refractivity contribution in [2.75, 3.05) is 7.11 Å². The summed E-state index contributed by atoms with van der Waals surface area (Å²) in [6.45, 7) is 9.34. The molecule has 0 bridgehead atoms. The van der Waals surface area contributed by atoms with Gasteiger partial charge in [-0.1, -0.05) is 12.1 Å². The van der Waals surface area contributed by atoms with Crippen LogP contribution in [0.15, 0.2) is 24.4 Å². The summed E-state index contributed by atoms with van der Waals surface area (Å²) in [5.74, 6) is -0.384. The zero-order valence-corrected chi connectivity index (χ0v) is 15.6. The van der Waals surface area contributed by atoms with E-state index in [0.717, 1.165) is 16.5 Å². The Balaban J connectivity index is 2.22. The SMILES string of the molecule is COC(=O)c1cccc2c(CC(C)(C)NC(=O)OC(C)(C)C)c[nH]c12. The van der Waals surface area contributed by atoms with Crippen molar-refractivity contribution >= 4 is 23.0 Å². The molecule has 1 aromatic heterocycles. The molecule has 2 N–H and O–H groups in total. The normalized spacial score (nSPS) is 12.1. The lowest BCUT2D eigenvalue weighted by Gasteiger charge is -2.28. The number of ether oxygens (including phenoxy) is 2. The second-order valence-electron chi connectivity index (χ2n) is 7.72. The van der Waals surface area contributed by atoms with E-state index in [0.29, 0.717) is 12.0 Å². The number of rotatable bonds is 4. The van der Waals surface area contributed by atoms with Crippen LogP contribution in [0.4, 0.5) is 4.79 Å². The Bertz CT molecular complexity index is 784. The zero-order valence-electron chi connectivity index (χ0n) is 15.6. The molecular weight excluding hydrogens is 320 g/mol. The average Bonchev–Trinajstić information content (AvgIpc) is 2.86. The Hall–Kier alpha value is -2.50. The fraction of sp³-hybridized carbons (Fsp3) is 0.474. The number of nitrogens with one attached hydrogen (secondary N) is 2. The number of methoxy groups -OCH3 is 1. The topological polar surface area (TPSA) is 80.4 Å². The van der Waals surface area contributed by atoms with Crippen molar-refractivity contribution in [2.24, 2.45) is 0 Å². The van der Waals surface area contributed by atoms with E-state index in [1.54, 1.807) is 6.07 Å². The summed E-state index contributed by atoms with van der Waals surface area (Å²) >= 11 is 0. The van der Waals surface area contributed by atoms with Gasteiger partial charge in [0.15, 0.2) is 0 Å². The first kappa shape index (κ1) is 18.8. The summed E-state index contributed by atoms with van der Waals surface area (Å²) in [6, 6.07) is 5.48. The fourth-order valence-corrected chi connectivity index (χ4v) is 2.74. The van der Waals surface area contributed by atoms with E-state index < -0.39 is 17.2 Å². The standard InChI is InChI=1S/C19H26N2O4/c1-18(2,3)25-17(23)21-19(4,5)10-12-11-20-15-13(12)8-7-9-14(15)16(22)24-6/h7-9,11,20H,10H2,1-6H3,(H,21,23).